The van der Waals surface area contributed by atoms with Crippen LogP contribution in [0.2, 0.25) is 0 Å². The second-order valence-electron chi connectivity index (χ2n) is 7.54. The van der Waals surface area contributed by atoms with Gasteiger partial charge >= 0.3 is 0 Å². The van der Waals surface area contributed by atoms with Crippen molar-refractivity contribution in [2.75, 3.05) is 11.9 Å². The highest BCUT2D eigenvalue weighted by Gasteiger charge is 2.55. The zero-order valence-corrected chi connectivity index (χ0v) is 15.9. The topological polar surface area (TPSA) is 58.6 Å². The summed E-state index contributed by atoms with van der Waals surface area (Å²) in [5.74, 6) is -0.622. The van der Waals surface area contributed by atoms with Crippen molar-refractivity contribution in [3.63, 3.8) is 0 Å². The van der Waals surface area contributed by atoms with Gasteiger partial charge in [0.1, 0.15) is 11.7 Å². The first-order valence-electron chi connectivity index (χ1n) is 9.40. The van der Waals surface area contributed by atoms with Gasteiger partial charge in [0.05, 0.1) is 0 Å². The van der Waals surface area contributed by atoms with E-state index in [-0.39, 0.29) is 17.7 Å². The smallest absolute Gasteiger partial charge is 0.238 e. The third kappa shape index (κ3) is 2.87. The van der Waals surface area contributed by atoms with Gasteiger partial charge in [-0.2, -0.15) is 0 Å². The lowest BCUT2D eigenvalue weighted by atomic mass is 9.73. The van der Waals surface area contributed by atoms with Gasteiger partial charge in [0.25, 0.3) is 0 Å². The number of nitrogens with one attached hydrogen (secondary N) is 1. The number of carbonyl (C=O) groups is 2. The van der Waals surface area contributed by atoms with E-state index in [1.165, 1.54) is 0 Å². The Morgan fingerprint density at radius 2 is 2.04 bits per heavy atom. The van der Waals surface area contributed by atoms with E-state index in [2.05, 4.69) is 5.32 Å². The molecule has 2 aromatic carbocycles. The first-order valence-corrected chi connectivity index (χ1v) is 9.40. The zero-order chi connectivity index (χ0) is 19.2. The summed E-state index contributed by atoms with van der Waals surface area (Å²) in [7, 11) is 0. The maximum absolute atomic E-state index is 13.3. The number of anilines is 1. The van der Waals surface area contributed by atoms with Crippen LogP contribution in [0.25, 0.3) is 0 Å². The Balaban J connectivity index is 1.73. The molecule has 5 heteroatoms. The molecule has 0 aromatic heterocycles. The number of ether oxygens (including phenoxy) is 1. The van der Waals surface area contributed by atoms with E-state index in [1.807, 2.05) is 69.3 Å². The van der Waals surface area contributed by atoms with Crippen molar-refractivity contribution < 1.29 is 14.3 Å². The molecule has 140 valence electrons. The Bertz CT molecular complexity index is 910. The fourth-order valence-electron chi connectivity index (χ4n) is 4.44. The number of aryl methyl sites for hydroxylation is 1. The van der Waals surface area contributed by atoms with Gasteiger partial charge in [-0.05, 0) is 50.1 Å². The van der Waals surface area contributed by atoms with Gasteiger partial charge in [-0.1, -0.05) is 30.3 Å². The number of fused-ring (bicyclic) bond motifs is 4. The SMILES string of the molecule is CCN1C(=O)C(C(=O)Nc2cccc(C)c2)C2CC1(C)Oc1ccccc12. The monoisotopic (exact) mass is 364 g/mol. The minimum absolute atomic E-state index is 0.170. The third-order valence-corrected chi connectivity index (χ3v) is 5.64. The number of amides is 2. The molecule has 2 heterocycles. The van der Waals surface area contributed by atoms with Crippen LogP contribution in [0.4, 0.5) is 5.69 Å². The highest BCUT2D eigenvalue weighted by Crippen LogP contribution is 2.50. The number of benzene rings is 2. The molecule has 3 atom stereocenters. The Labute approximate surface area is 159 Å². The number of rotatable bonds is 3. The average molecular weight is 364 g/mol. The molecular formula is C22H24N2O3. The van der Waals surface area contributed by atoms with Crippen LogP contribution in [0.1, 0.15) is 37.3 Å². The first-order chi connectivity index (χ1) is 12.9. The maximum Gasteiger partial charge on any atom is 0.238 e. The second kappa shape index (κ2) is 6.41. The summed E-state index contributed by atoms with van der Waals surface area (Å²) in [6.07, 6.45) is 0.607. The van der Waals surface area contributed by atoms with Crippen molar-refractivity contribution in [3.05, 3.63) is 59.7 Å². The second-order valence-corrected chi connectivity index (χ2v) is 7.54. The van der Waals surface area contributed by atoms with Gasteiger partial charge in [0, 0.05) is 24.6 Å². The van der Waals surface area contributed by atoms with Crippen LogP contribution in [-0.2, 0) is 9.59 Å². The van der Waals surface area contributed by atoms with E-state index < -0.39 is 11.6 Å². The minimum Gasteiger partial charge on any atom is -0.468 e. The summed E-state index contributed by atoms with van der Waals surface area (Å²) in [4.78, 5) is 28.1. The Morgan fingerprint density at radius 3 is 2.78 bits per heavy atom. The predicted molar refractivity (Wildman–Crippen MR) is 104 cm³/mol. The zero-order valence-electron chi connectivity index (χ0n) is 15.9. The van der Waals surface area contributed by atoms with Crippen molar-refractivity contribution in [3.8, 4) is 5.75 Å². The molecule has 2 aliphatic rings. The van der Waals surface area contributed by atoms with Crippen molar-refractivity contribution in [1.82, 2.24) is 4.90 Å². The summed E-state index contributed by atoms with van der Waals surface area (Å²) < 4.78 is 6.20. The van der Waals surface area contributed by atoms with Crippen LogP contribution >= 0.6 is 0 Å². The molecular weight excluding hydrogens is 340 g/mol. The largest absolute Gasteiger partial charge is 0.468 e. The van der Waals surface area contributed by atoms with Crippen LogP contribution in [0.5, 0.6) is 5.75 Å². The molecule has 1 saturated heterocycles. The highest BCUT2D eigenvalue weighted by atomic mass is 16.5. The van der Waals surface area contributed by atoms with Gasteiger partial charge in [-0.3, -0.25) is 9.59 Å². The van der Waals surface area contributed by atoms with Crippen molar-refractivity contribution >= 4 is 17.5 Å². The number of hydrogen-bond acceptors (Lipinski definition) is 3. The molecule has 0 saturated carbocycles. The van der Waals surface area contributed by atoms with E-state index >= 15 is 0 Å². The van der Waals surface area contributed by atoms with Gasteiger partial charge in [-0.25, -0.2) is 0 Å². The highest BCUT2D eigenvalue weighted by molar-refractivity contribution is 6.08. The minimum atomic E-state index is -0.761. The molecule has 0 spiro atoms. The Kier molecular flexibility index (Phi) is 4.17. The van der Waals surface area contributed by atoms with Gasteiger partial charge in [0.2, 0.25) is 11.8 Å². The van der Waals surface area contributed by atoms with Crippen LogP contribution < -0.4 is 10.1 Å². The Morgan fingerprint density at radius 1 is 1.26 bits per heavy atom. The lowest BCUT2D eigenvalue weighted by Crippen LogP contribution is -2.64. The summed E-state index contributed by atoms with van der Waals surface area (Å²) >= 11 is 0. The summed E-state index contributed by atoms with van der Waals surface area (Å²) in [5.41, 5.74) is 1.99. The van der Waals surface area contributed by atoms with E-state index in [0.29, 0.717) is 18.7 Å². The fraction of sp³-hybridized carbons (Fsp3) is 0.364. The van der Waals surface area contributed by atoms with Gasteiger partial charge < -0.3 is 15.0 Å². The van der Waals surface area contributed by atoms with Gasteiger partial charge in [-0.15, -0.1) is 0 Å². The summed E-state index contributed by atoms with van der Waals surface area (Å²) in [6.45, 7) is 6.33. The molecule has 5 nitrogen and oxygen atoms in total. The molecule has 0 radical (unpaired) electrons. The van der Waals surface area contributed by atoms with E-state index in [9.17, 15) is 9.59 Å². The predicted octanol–water partition coefficient (Wildman–Crippen LogP) is 3.69. The quantitative estimate of drug-likeness (QED) is 0.845. The third-order valence-electron chi connectivity index (χ3n) is 5.64. The average Bonchev–Trinajstić information content (AvgIpc) is 2.61. The van der Waals surface area contributed by atoms with Crippen molar-refractivity contribution in [1.29, 1.82) is 0 Å². The first kappa shape index (κ1) is 17.6. The number of likely N-dealkylation sites (tertiary alicyclic amines) is 1. The van der Waals surface area contributed by atoms with Gasteiger partial charge in [0.15, 0.2) is 5.72 Å². The lowest BCUT2D eigenvalue weighted by molar-refractivity contribution is -0.174. The molecule has 27 heavy (non-hydrogen) atoms. The number of carbonyl (C=O) groups excluding carboxylic acids is 2. The van der Waals surface area contributed by atoms with Crippen LogP contribution in [-0.4, -0.2) is 29.0 Å². The number of para-hydroxylation sites is 1. The molecule has 1 fully saturated rings. The van der Waals surface area contributed by atoms with Crippen LogP contribution in [0.15, 0.2) is 48.5 Å². The lowest BCUT2D eigenvalue weighted by Gasteiger charge is -2.52. The summed E-state index contributed by atoms with van der Waals surface area (Å²) in [6, 6.07) is 15.3. The van der Waals surface area contributed by atoms with Crippen LogP contribution in [0.3, 0.4) is 0 Å². The standard InChI is InChI=1S/C22H24N2O3/c1-4-24-21(26)19(20(25)23-15-9-7-8-14(2)12-15)17-13-22(24,3)27-18-11-6-5-10-16(17)18/h5-12,17,19H,4,13H2,1-3H3,(H,23,25). The maximum atomic E-state index is 13.3. The van der Waals surface area contributed by atoms with E-state index in [4.69, 9.17) is 4.74 Å². The molecule has 1 N–H and O–H groups in total. The van der Waals surface area contributed by atoms with E-state index in [1.54, 1.807) is 4.90 Å². The molecule has 2 bridgehead atoms. The number of hydrogen-bond donors (Lipinski definition) is 1. The Hall–Kier alpha value is -2.82. The summed E-state index contributed by atoms with van der Waals surface area (Å²) in [5, 5.41) is 2.95. The fourth-order valence-corrected chi connectivity index (χ4v) is 4.44. The number of piperidine rings is 1. The molecule has 3 unspecified atom stereocenters. The molecule has 2 amide bonds. The van der Waals surface area contributed by atoms with E-state index in [0.717, 1.165) is 16.9 Å². The normalized spacial score (nSPS) is 26.2. The molecule has 2 aromatic rings. The molecule has 2 aliphatic heterocycles. The van der Waals surface area contributed by atoms with Crippen molar-refractivity contribution in [2.45, 2.75) is 38.8 Å². The van der Waals surface area contributed by atoms with Crippen LogP contribution in [0, 0.1) is 12.8 Å². The molecule has 0 aliphatic carbocycles. The number of nitrogens with zero attached hydrogens (tertiary/aromatic N) is 1. The molecule has 4 rings (SSSR count). The van der Waals surface area contributed by atoms with Crippen molar-refractivity contribution in [2.24, 2.45) is 5.92 Å².